The number of carbonyl (C=O) groups is 1. The third-order valence-corrected chi connectivity index (χ3v) is 3.99. The van der Waals surface area contributed by atoms with Gasteiger partial charge in [0.15, 0.2) is 0 Å². The van der Waals surface area contributed by atoms with Crippen LogP contribution in [0.2, 0.25) is 0 Å². The Morgan fingerprint density at radius 3 is 2.74 bits per heavy atom. The van der Waals surface area contributed by atoms with Crippen LogP contribution in [0.4, 0.5) is 11.4 Å². The summed E-state index contributed by atoms with van der Waals surface area (Å²) in [4.78, 5) is 18.4. The molecule has 5 nitrogen and oxygen atoms in total. The van der Waals surface area contributed by atoms with Crippen LogP contribution in [0.1, 0.15) is 24.2 Å². The Kier molecular flexibility index (Phi) is 4.57. The van der Waals surface area contributed by atoms with E-state index in [4.69, 9.17) is 4.74 Å². The molecule has 1 aromatic heterocycles. The Bertz CT molecular complexity index is 658. The topological polar surface area (TPSA) is 54.5 Å². The van der Waals surface area contributed by atoms with Crippen LogP contribution in [0.3, 0.4) is 0 Å². The molecule has 0 bridgehead atoms. The summed E-state index contributed by atoms with van der Waals surface area (Å²) in [5, 5.41) is 2.89. The molecule has 0 saturated carbocycles. The summed E-state index contributed by atoms with van der Waals surface area (Å²) in [6.07, 6.45) is 3.44. The second-order valence-electron chi connectivity index (χ2n) is 5.89. The molecule has 5 heteroatoms. The van der Waals surface area contributed by atoms with Gasteiger partial charge in [-0.25, -0.2) is 0 Å². The molecule has 0 radical (unpaired) electrons. The molecule has 0 aliphatic carbocycles. The first-order valence-corrected chi connectivity index (χ1v) is 7.83. The fourth-order valence-electron chi connectivity index (χ4n) is 2.70. The van der Waals surface area contributed by atoms with Crippen molar-refractivity contribution >= 4 is 17.3 Å². The van der Waals surface area contributed by atoms with Gasteiger partial charge in [0.05, 0.1) is 18.3 Å². The summed E-state index contributed by atoms with van der Waals surface area (Å²) in [7, 11) is 0. The number of nitrogens with one attached hydrogen (secondary N) is 1. The number of hydrogen-bond acceptors (Lipinski definition) is 4. The molecule has 2 aromatic rings. The van der Waals surface area contributed by atoms with Gasteiger partial charge in [0, 0.05) is 36.4 Å². The number of benzene rings is 1. The van der Waals surface area contributed by atoms with Gasteiger partial charge in [-0.1, -0.05) is 0 Å². The van der Waals surface area contributed by atoms with Gasteiger partial charge >= 0.3 is 0 Å². The number of hydrogen-bond donors (Lipinski definition) is 1. The molecule has 0 spiro atoms. The highest BCUT2D eigenvalue weighted by Crippen LogP contribution is 2.23. The lowest BCUT2D eigenvalue weighted by Gasteiger charge is -2.38. The smallest absolute Gasteiger partial charge is 0.257 e. The van der Waals surface area contributed by atoms with Crippen molar-refractivity contribution in [1.82, 2.24) is 4.98 Å². The van der Waals surface area contributed by atoms with Crippen LogP contribution in [-0.2, 0) is 4.74 Å². The minimum Gasteiger partial charge on any atom is -0.375 e. The Labute approximate surface area is 136 Å². The van der Waals surface area contributed by atoms with Gasteiger partial charge in [-0.05, 0) is 50.2 Å². The normalized spacial score (nSPS) is 21.0. The Hall–Kier alpha value is -2.40. The van der Waals surface area contributed by atoms with Crippen molar-refractivity contribution in [3.05, 3.63) is 54.4 Å². The zero-order valence-corrected chi connectivity index (χ0v) is 13.4. The molecule has 1 N–H and O–H groups in total. The predicted octanol–water partition coefficient (Wildman–Crippen LogP) is 2.95. The van der Waals surface area contributed by atoms with E-state index in [2.05, 4.69) is 29.0 Å². The highest BCUT2D eigenvalue weighted by Gasteiger charge is 2.23. The van der Waals surface area contributed by atoms with Crippen molar-refractivity contribution in [3.63, 3.8) is 0 Å². The van der Waals surface area contributed by atoms with Crippen LogP contribution in [0.15, 0.2) is 48.8 Å². The molecule has 1 aromatic carbocycles. The first-order chi connectivity index (χ1) is 11.1. The fraction of sp³-hybridized carbons (Fsp3) is 0.333. The standard InChI is InChI=1S/C18H21N3O2/c1-13-12-23-14(2)11-21(13)17-7-5-16(6-8-17)20-18(22)15-4-3-9-19-10-15/h3-10,13-14H,11-12H2,1-2H3,(H,20,22). The van der Waals surface area contributed by atoms with Gasteiger partial charge < -0.3 is 15.0 Å². The van der Waals surface area contributed by atoms with E-state index < -0.39 is 0 Å². The number of rotatable bonds is 3. The number of aromatic nitrogens is 1. The average molecular weight is 311 g/mol. The van der Waals surface area contributed by atoms with E-state index in [-0.39, 0.29) is 12.0 Å². The van der Waals surface area contributed by atoms with Crippen molar-refractivity contribution in [2.24, 2.45) is 0 Å². The zero-order valence-electron chi connectivity index (χ0n) is 13.4. The Morgan fingerprint density at radius 2 is 2.04 bits per heavy atom. The third kappa shape index (κ3) is 3.68. The van der Waals surface area contributed by atoms with Crippen molar-refractivity contribution in [1.29, 1.82) is 0 Å². The molecule has 3 rings (SSSR count). The molecule has 1 amide bonds. The minimum atomic E-state index is -0.154. The molecule has 2 unspecified atom stereocenters. The lowest BCUT2D eigenvalue weighted by atomic mass is 10.1. The predicted molar refractivity (Wildman–Crippen MR) is 90.9 cm³/mol. The molecule has 1 fully saturated rings. The minimum absolute atomic E-state index is 0.154. The first-order valence-electron chi connectivity index (χ1n) is 7.83. The van der Waals surface area contributed by atoms with Gasteiger partial charge in [-0.2, -0.15) is 0 Å². The highest BCUT2D eigenvalue weighted by molar-refractivity contribution is 6.04. The Morgan fingerprint density at radius 1 is 1.26 bits per heavy atom. The fourth-order valence-corrected chi connectivity index (χ4v) is 2.70. The van der Waals surface area contributed by atoms with Gasteiger partial charge in [-0.15, -0.1) is 0 Å². The maximum Gasteiger partial charge on any atom is 0.257 e. The molecule has 2 heterocycles. The molecule has 120 valence electrons. The van der Waals surface area contributed by atoms with E-state index in [0.717, 1.165) is 24.5 Å². The molecule has 1 aliphatic heterocycles. The Balaban J connectivity index is 1.68. The number of ether oxygens (including phenoxy) is 1. The van der Waals surface area contributed by atoms with Gasteiger partial charge in [0.1, 0.15) is 0 Å². The van der Waals surface area contributed by atoms with Crippen molar-refractivity contribution in [2.45, 2.75) is 26.0 Å². The summed E-state index contributed by atoms with van der Waals surface area (Å²) >= 11 is 0. The largest absolute Gasteiger partial charge is 0.375 e. The number of anilines is 2. The number of morpholine rings is 1. The second-order valence-corrected chi connectivity index (χ2v) is 5.89. The van der Waals surface area contributed by atoms with E-state index >= 15 is 0 Å². The summed E-state index contributed by atoms with van der Waals surface area (Å²) < 4.78 is 5.66. The van der Waals surface area contributed by atoms with Crippen molar-refractivity contribution in [2.75, 3.05) is 23.4 Å². The van der Waals surface area contributed by atoms with E-state index in [9.17, 15) is 4.79 Å². The number of amides is 1. The lowest BCUT2D eigenvalue weighted by molar-refractivity contribution is 0.0344. The molecular weight excluding hydrogens is 290 g/mol. The first kappa shape index (κ1) is 15.5. The van der Waals surface area contributed by atoms with Crippen LogP contribution in [0, 0.1) is 0 Å². The molecule has 1 aliphatic rings. The maximum atomic E-state index is 12.1. The van der Waals surface area contributed by atoms with Crippen LogP contribution < -0.4 is 10.2 Å². The highest BCUT2D eigenvalue weighted by atomic mass is 16.5. The van der Waals surface area contributed by atoms with E-state index in [1.807, 2.05) is 24.3 Å². The van der Waals surface area contributed by atoms with Crippen molar-refractivity contribution in [3.8, 4) is 0 Å². The SMILES string of the molecule is CC1CN(c2ccc(NC(=O)c3cccnc3)cc2)C(C)CO1. The number of pyridine rings is 1. The third-order valence-electron chi connectivity index (χ3n) is 3.99. The number of nitrogens with zero attached hydrogens (tertiary/aromatic N) is 2. The molecule has 1 saturated heterocycles. The van der Waals surface area contributed by atoms with E-state index in [1.54, 1.807) is 24.5 Å². The number of carbonyl (C=O) groups excluding carboxylic acids is 1. The van der Waals surface area contributed by atoms with E-state index in [1.165, 1.54) is 0 Å². The summed E-state index contributed by atoms with van der Waals surface area (Å²) in [6, 6.07) is 11.8. The summed E-state index contributed by atoms with van der Waals surface area (Å²) in [5.74, 6) is -0.154. The molecular formula is C18H21N3O2. The molecule has 2 atom stereocenters. The monoisotopic (exact) mass is 311 g/mol. The van der Waals surface area contributed by atoms with Crippen LogP contribution >= 0.6 is 0 Å². The quantitative estimate of drug-likeness (QED) is 0.947. The average Bonchev–Trinajstić information content (AvgIpc) is 2.58. The van der Waals surface area contributed by atoms with Crippen LogP contribution in [-0.4, -0.2) is 36.2 Å². The second kappa shape index (κ2) is 6.79. The molecule has 23 heavy (non-hydrogen) atoms. The lowest BCUT2D eigenvalue weighted by Crippen LogP contribution is -2.47. The van der Waals surface area contributed by atoms with Gasteiger partial charge in [-0.3, -0.25) is 9.78 Å². The van der Waals surface area contributed by atoms with E-state index in [0.29, 0.717) is 11.6 Å². The van der Waals surface area contributed by atoms with Gasteiger partial charge in [0.2, 0.25) is 0 Å². The maximum absolute atomic E-state index is 12.1. The van der Waals surface area contributed by atoms with Crippen LogP contribution in [0.5, 0.6) is 0 Å². The van der Waals surface area contributed by atoms with Crippen LogP contribution in [0.25, 0.3) is 0 Å². The summed E-state index contributed by atoms with van der Waals surface area (Å²) in [5.41, 5.74) is 2.47. The van der Waals surface area contributed by atoms with Crippen molar-refractivity contribution < 1.29 is 9.53 Å². The zero-order chi connectivity index (χ0) is 16.2. The van der Waals surface area contributed by atoms with Gasteiger partial charge in [0.25, 0.3) is 5.91 Å². The summed E-state index contributed by atoms with van der Waals surface area (Å²) in [6.45, 7) is 5.86.